The summed E-state index contributed by atoms with van der Waals surface area (Å²) in [6.45, 7) is 3.42. The number of hydrogen-bond acceptors (Lipinski definition) is 1. The van der Waals surface area contributed by atoms with E-state index in [1.807, 2.05) is 0 Å². The number of aromatic amines is 1. The lowest BCUT2D eigenvalue weighted by atomic mass is 10.1. The van der Waals surface area contributed by atoms with Gasteiger partial charge in [0.2, 0.25) is 5.91 Å². The minimum atomic E-state index is -0.389. The van der Waals surface area contributed by atoms with Crippen LogP contribution in [0.25, 0.3) is 10.9 Å². The predicted octanol–water partition coefficient (Wildman–Crippen LogP) is 2.76. The van der Waals surface area contributed by atoms with Gasteiger partial charge in [0.15, 0.2) is 0 Å². The maximum Gasteiger partial charge on any atom is 0.243 e. The zero-order valence-corrected chi connectivity index (χ0v) is 9.64. The Morgan fingerprint density at radius 3 is 3.06 bits per heavy atom. The summed E-state index contributed by atoms with van der Waals surface area (Å²) in [7, 11) is 0. The lowest BCUT2D eigenvalue weighted by Gasteiger charge is -2.04. The van der Waals surface area contributed by atoms with E-state index in [1.165, 1.54) is 6.07 Å². The maximum absolute atomic E-state index is 13.6. The van der Waals surface area contributed by atoms with Gasteiger partial charge in [-0.25, -0.2) is 4.39 Å². The summed E-state index contributed by atoms with van der Waals surface area (Å²) in [5.74, 6) is -0.731. The second-order valence-corrected chi connectivity index (χ2v) is 3.95. The third-order valence-corrected chi connectivity index (χ3v) is 2.75. The monoisotopic (exact) mass is 252 g/mol. The molecule has 0 atom stereocenters. The molecule has 0 fully saturated rings. The van der Waals surface area contributed by atoms with Gasteiger partial charge < -0.3 is 10.3 Å². The molecular weight excluding hydrogens is 243 g/mol. The number of rotatable bonds is 3. The summed E-state index contributed by atoms with van der Waals surface area (Å²) < 4.78 is 13.6. The smallest absolute Gasteiger partial charge is 0.243 e. The molecule has 2 N–H and O–H groups in total. The molecule has 2 aromatic rings. The number of fused-ring (bicyclic) bond motifs is 1. The van der Waals surface area contributed by atoms with E-state index in [9.17, 15) is 9.18 Å². The Morgan fingerprint density at radius 2 is 2.35 bits per heavy atom. The summed E-state index contributed by atoms with van der Waals surface area (Å²) in [5, 5.41) is 3.77. The Labute approximate surface area is 102 Å². The molecule has 0 saturated heterocycles. The van der Waals surface area contributed by atoms with Gasteiger partial charge in [0.25, 0.3) is 0 Å². The average molecular weight is 253 g/mol. The van der Waals surface area contributed by atoms with Crippen LogP contribution in [0.4, 0.5) is 4.39 Å². The molecule has 0 aliphatic heterocycles. The number of carbonyl (C=O) groups is 1. The molecule has 17 heavy (non-hydrogen) atoms. The molecule has 88 valence electrons. The van der Waals surface area contributed by atoms with Crippen molar-refractivity contribution in [2.75, 3.05) is 0 Å². The van der Waals surface area contributed by atoms with Gasteiger partial charge in [-0.05, 0) is 18.2 Å². The van der Waals surface area contributed by atoms with Crippen LogP contribution in [0.1, 0.15) is 5.56 Å². The Bertz CT molecular complexity index is 591. The lowest BCUT2D eigenvalue weighted by Crippen LogP contribution is -2.20. The van der Waals surface area contributed by atoms with E-state index in [0.29, 0.717) is 16.1 Å². The third-order valence-electron chi connectivity index (χ3n) is 2.44. The first-order chi connectivity index (χ1) is 8.11. The Kier molecular flexibility index (Phi) is 3.15. The van der Waals surface area contributed by atoms with Crippen molar-refractivity contribution < 1.29 is 9.18 Å². The fraction of sp³-hybridized carbons (Fsp3) is 0.0833. The molecule has 2 rings (SSSR count). The van der Waals surface area contributed by atoms with Gasteiger partial charge in [-0.2, -0.15) is 0 Å². The molecular formula is C12H10ClFN2O. The molecule has 0 bridgehead atoms. The number of aromatic nitrogens is 1. The standard InChI is InChI=1S/C12H10ClFN2O/c1-2-12(17)16-5-7-3-8-9(13)6-15-11(8)4-10(7)14/h2-4,6,15H,1,5H2,(H,16,17). The zero-order chi connectivity index (χ0) is 12.4. The predicted molar refractivity (Wildman–Crippen MR) is 65.3 cm³/mol. The molecule has 0 saturated carbocycles. The number of H-pyrrole nitrogens is 1. The van der Waals surface area contributed by atoms with Gasteiger partial charge >= 0.3 is 0 Å². The first kappa shape index (κ1) is 11.7. The molecule has 0 unspecified atom stereocenters. The van der Waals surface area contributed by atoms with Crippen molar-refractivity contribution in [2.24, 2.45) is 0 Å². The number of amides is 1. The highest BCUT2D eigenvalue weighted by Crippen LogP contribution is 2.25. The summed E-state index contributed by atoms with van der Waals surface area (Å²) in [6, 6.07) is 2.98. The van der Waals surface area contributed by atoms with E-state index in [4.69, 9.17) is 11.6 Å². The largest absolute Gasteiger partial charge is 0.360 e. The highest BCUT2D eigenvalue weighted by Gasteiger charge is 2.08. The van der Waals surface area contributed by atoms with Crippen molar-refractivity contribution in [2.45, 2.75) is 6.54 Å². The normalized spacial score (nSPS) is 10.5. The van der Waals surface area contributed by atoms with E-state index in [0.717, 1.165) is 11.5 Å². The molecule has 1 heterocycles. The van der Waals surface area contributed by atoms with Gasteiger partial charge in [0, 0.05) is 29.2 Å². The van der Waals surface area contributed by atoms with Crippen molar-refractivity contribution >= 4 is 28.4 Å². The van der Waals surface area contributed by atoms with Crippen molar-refractivity contribution in [3.05, 3.63) is 47.4 Å². The number of carbonyl (C=O) groups excluding carboxylic acids is 1. The van der Waals surface area contributed by atoms with Gasteiger partial charge in [-0.15, -0.1) is 0 Å². The number of benzene rings is 1. The third kappa shape index (κ3) is 2.31. The molecule has 1 amide bonds. The van der Waals surface area contributed by atoms with Crippen LogP contribution in [0.5, 0.6) is 0 Å². The van der Waals surface area contributed by atoms with Gasteiger partial charge in [-0.1, -0.05) is 18.2 Å². The van der Waals surface area contributed by atoms with E-state index in [1.54, 1.807) is 12.3 Å². The summed E-state index contributed by atoms with van der Waals surface area (Å²) in [4.78, 5) is 13.8. The average Bonchev–Trinajstić information content (AvgIpc) is 2.67. The van der Waals surface area contributed by atoms with Crippen molar-refractivity contribution in [3.63, 3.8) is 0 Å². The van der Waals surface area contributed by atoms with Crippen LogP contribution in [0.2, 0.25) is 5.02 Å². The maximum atomic E-state index is 13.6. The molecule has 1 aromatic heterocycles. The zero-order valence-electron chi connectivity index (χ0n) is 8.89. The van der Waals surface area contributed by atoms with Crippen LogP contribution in [0, 0.1) is 5.82 Å². The first-order valence-corrected chi connectivity index (χ1v) is 5.35. The van der Waals surface area contributed by atoms with Gasteiger partial charge in [0.05, 0.1) is 5.02 Å². The molecule has 5 heteroatoms. The van der Waals surface area contributed by atoms with Crippen LogP contribution in [-0.4, -0.2) is 10.9 Å². The molecule has 0 aliphatic rings. The summed E-state index contributed by atoms with van der Waals surface area (Å²) in [6.07, 6.45) is 2.73. The van der Waals surface area contributed by atoms with Crippen LogP contribution in [0.15, 0.2) is 31.0 Å². The lowest BCUT2D eigenvalue weighted by molar-refractivity contribution is -0.116. The molecule has 0 aliphatic carbocycles. The van der Waals surface area contributed by atoms with Gasteiger partial charge in [-0.3, -0.25) is 4.79 Å². The van der Waals surface area contributed by atoms with Crippen molar-refractivity contribution in [1.82, 2.24) is 10.3 Å². The molecule has 0 radical (unpaired) electrons. The summed E-state index contributed by atoms with van der Waals surface area (Å²) in [5.41, 5.74) is 1.01. The summed E-state index contributed by atoms with van der Waals surface area (Å²) >= 11 is 5.93. The number of hydrogen-bond donors (Lipinski definition) is 2. The molecule has 1 aromatic carbocycles. The SMILES string of the molecule is C=CC(=O)NCc1cc2c(Cl)c[nH]c2cc1F. The van der Waals surface area contributed by atoms with E-state index in [-0.39, 0.29) is 18.3 Å². The minimum absolute atomic E-state index is 0.105. The molecule has 0 spiro atoms. The quantitative estimate of drug-likeness (QED) is 0.811. The van der Waals surface area contributed by atoms with Crippen molar-refractivity contribution in [1.29, 1.82) is 0 Å². The number of halogens is 2. The topological polar surface area (TPSA) is 44.9 Å². The minimum Gasteiger partial charge on any atom is -0.360 e. The highest BCUT2D eigenvalue weighted by atomic mass is 35.5. The van der Waals surface area contributed by atoms with Crippen LogP contribution in [0.3, 0.4) is 0 Å². The Morgan fingerprint density at radius 1 is 1.59 bits per heavy atom. The first-order valence-electron chi connectivity index (χ1n) is 4.97. The fourth-order valence-electron chi connectivity index (χ4n) is 1.54. The van der Waals surface area contributed by atoms with Gasteiger partial charge in [0.1, 0.15) is 5.82 Å². The van der Waals surface area contributed by atoms with E-state index >= 15 is 0 Å². The second kappa shape index (κ2) is 4.59. The van der Waals surface area contributed by atoms with E-state index < -0.39 is 0 Å². The molecule has 3 nitrogen and oxygen atoms in total. The van der Waals surface area contributed by atoms with E-state index in [2.05, 4.69) is 16.9 Å². The highest BCUT2D eigenvalue weighted by molar-refractivity contribution is 6.35. The second-order valence-electron chi connectivity index (χ2n) is 3.55. The van der Waals surface area contributed by atoms with Crippen LogP contribution >= 0.6 is 11.6 Å². The van der Waals surface area contributed by atoms with Crippen molar-refractivity contribution in [3.8, 4) is 0 Å². The Hall–Kier alpha value is -1.81. The Balaban J connectivity index is 2.33. The number of nitrogens with one attached hydrogen (secondary N) is 2. The van der Waals surface area contributed by atoms with Crippen LogP contribution in [-0.2, 0) is 11.3 Å². The fourth-order valence-corrected chi connectivity index (χ4v) is 1.75. The van der Waals surface area contributed by atoms with Crippen LogP contribution < -0.4 is 5.32 Å².